The molecule has 2 rings (SSSR count). The smallest absolute Gasteiger partial charge is 0.328 e. The van der Waals surface area contributed by atoms with Crippen LogP contribution >= 0.6 is 0 Å². The second kappa shape index (κ2) is 7.44. The summed E-state index contributed by atoms with van der Waals surface area (Å²) in [6.07, 6.45) is 3.54. The number of hydrogen-bond donors (Lipinski definition) is 3. The second-order valence-electron chi connectivity index (χ2n) is 4.81. The van der Waals surface area contributed by atoms with Gasteiger partial charge in [-0.2, -0.15) is 0 Å². The van der Waals surface area contributed by atoms with Gasteiger partial charge in [-0.1, -0.05) is 12.1 Å². The van der Waals surface area contributed by atoms with Crippen LogP contribution in [0.4, 0.5) is 10.5 Å². The normalized spacial score (nSPS) is 15.7. The van der Waals surface area contributed by atoms with E-state index in [1.54, 1.807) is 29.2 Å². The summed E-state index contributed by atoms with van der Waals surface area (Å²) in [5, 5.41) is 14.7. The van der Waals surface area contributed by atoms with Gasteiger partial charge in [0, 0.05) is 31.4 Å². The molecule has 112 valence electrons. The van der Waals surface area contributed by atoms with Gasteiger partial charge >= 0.3 is 12.0 Å². The Bertz CT molecular complexity index is 517. The maximum Gasteiger partial charge on any atom is 0.328 e. The van der Waals surface area contributed by atoms with Crippen LogP contribution in [0.25, 0.3) is 6.08 Å². The molecule has 0 bridgehead atoms. The van der Waals surface area contributed by atoms with Crippen LogP contribution in [0.3, 0.4) is 0 Å². The fourth-order valence-corrected chi connectivity index (χ4v) is 2.10. The largest absolute Gasteiger partial charge is 0.478 e. The Kier molecular flexibility index (Phi) is 5.34. The van der Waals surface area contributed by atoms with Gasteiger partial charge in [-0.15, -0.1) is 0 Å². The summed E-state index contributed by atoms with van der Waals surface area (Å²) in [6, 6.07) is 6.94. The first-order valence-corrected chi connectivity index (χ1v) is 6.93. The average molecular weight is 289 g/mol. The number of amides is 2. The van der Waals surface area contributed by atoms with Crippen LogP contribution in [0.2, 0.25) is 0 Å². The minimum absolute atomic E-state index is 0.104. The Balaban J connectivity index is 1.93. The van der Waals surface area contributed by atoms with Crippen molar-refractivity contribution in [3.8, 4) is 0 Å². The molecule has 1 aliphatic heterocycles. The fourth-order valence-electron chi connectivity index (χ4n) is 2.10. The molecule has 0 spiro atoms. The molecule has 0 aliphatic carbocycles. The number of hydrogen-bond acceptors (Lipinski definition) is 3. The third-order valence-electron chi connectivity index (χ3n) is 3.21. The average Bonchev–Trinajstić information content (AvgIpc) is 2.75. The van der Waals surface area contributed by atoms with Crippen molar-refractivity contribution in [3.63, 3.8) is 0 Å². The van der Waals surface area contributed by atoms with Crippen LogP contribution < -0.4 is 10.6 Å². The van der Waals surface area contributed by atoms with E-state index in [0.29, 0.717) is 12.2 Å². The SMILES string of the molecule is O=C(O)/C=C/c1ccc(NC(=O)N2CCCNCC2)cc1. The van der Waals surface area contributed by atoms with Crippen molar-refractivity contribution in [2.45, 2.75) is 6.42 Å². The molecule has 1 fully saturated rings. The fraction of sp³-hybridized carbons (Fsp3) is 0.333. The molecule has 21 heavy (non-hydrogen) atoms. The van der Waals surface area contributed by atoms with Crippen molar-refractivity contribution in [3.05, 3.63) is 35.9 Å². The predicted octanol–water partition coefficient (Wildman–Crippen LogP) is 1.61. The lowest BCUT2D eigenvalue weighted by Gasteiger charge is -2.20. The number of carbonyl (C=O) groups excluding carboxylic acids is 1. The first kappa shape index (κ1) is 15.1. The summed E-state index contributed by atoms with van der Waals surface area (Å²) in [7, 11) is 0. The van der Waals surface area contributed by atoms with Crippen LogP contribution in [-0.2, 0) is 4.79 Å². The molecule has 1 aliphatic rings. The van der Waals surface area contributed by atoms with Crippen LogP contribution in [0, 0.1) is 0 Å². The van der Waals surface area contributed by atoms with Gasteiger partial charge in [-0.3, -0.25) is 0 Å². The third-order valence-corrected chi connectivity index (χ3v) is 3.21. The van der Waals surface area contributed by atoms with Gasteiger partial charge < -0.3 is 20.6 Å². The molecule has 1 aromatic carbocycles. The summed E-state index contributed by atoms with van der Waals surface area (Å²) in [5.74, 6) is -0.984. The minimum Gasteiger partial charge on any atom is -0.478 e. The third kappa shape index (κ3) is 4.92. The van der Waals surface area contributed by atoms with E-state index in [1.807, 2.05) is 0 Å². The van der Waals surface area contributed by atoms with Gasteiger partial charge in [0.1, 0.15) is 0 Å². The highest BCUT2D eigenvalue weighted by Crippen LogP contribution is 2.12. The van der Waals surface area contributed by atoms with E-state index >= 15 is 0 Å². The molecule has 3 N–H and O–H groups in total. The van der Waals surface area contributed by atoms with Crippen LogP contribution in [0.5, 0.6) is 0 Å². The number of rotatable bonds is 3. The van der Waals surface area contributed by atoms with Gasteiger partial charge in [-0.25, -0.2) is 9.59 Å². The zero-order valence-electron chi connectivity index (χ0n) is 11.7. The number of carbonyl (C=O) groups is 2. The van der Waals surface area contributed by atoms with E-state index in [0.717, 1.165) is 37.7 Å². The highest BCUT2D eigenvalue weighted by Gasteiger charge is 2.14. The number of anilines is 1. The van der Waals surface area contributed by atoms with Gasteiger partial charge in [0.15, 0.2) is 0 Å². The Morgan fingerprint density at radius 3 is 2.67 bits per heavy atom. The van der Waals surface area contributed by atoms with E-state index in [4.69, 9.17) is 5.11 Å². The van der Waals surface area contributed by atoms with Crippen molar-refractivity contribution in [2.24, 2.45) is 0 Å². The van der Waals surface area contributed by atoms with Gasteiger partial charge in [-0.05, 0) is 36.7 Å². The van der Waals surface area contributed by atoms with E-state index in [-0.39, 0.29) is 6.03 Å². The van der Waals surface area contributed by atoms with Crippen LogP contribution in [0.15, 0.2) is 30.3 Å². The monoisotopic (exact) mass is 289 g/mol. The molecule has 0 saturated carbocycles. The molecule has 0 unspecified atom stereocenters. The summed E-state index contributed by atoms with van der Waals surface area (Å²) in [6.45, 7) is 3.20. The Morgan fingerprint density at radius 2 is 1.95 bits per heavy atom. The number of urea groups is 1. The standard InChI is InChI=1S/C15H19N3O3/c19-14(20)7-4-12-2-5-13(6-3-12)17-15(21)18-10-1-8-16-9-11-18/h2-7,16H,1,8-11H2,(H,17,21)(H,19,20)/b7-4+. The number of nitrogens with one attached hydrogen (secondary N) is 2. The summed E-state index contributed by atoms with van der Waals surface area (Å²) < 4.78 is 0. The van der Waals surface area contributed by atoms with Gasteiger partial charge in [0.25, 0.3) is 0 Å². The molecule has 6 nitrogen and oxygen atoms in total. The summed E-state index contributed by atoms with van der Waals surface area (Å²) in [5.41, 5.74) is 1.47. The lowest BCUT2D eigenvalue weighted by Crippen LogP contribution is -2.37. The molecule has 2 amide bonds. The topological polar surface area (TPSA) is 81.7 Å². The first-order valence-electron chi connectivity index (χ1n) is 6.93. The molecule has 1 saturated heterocycles. The van der Waals surface area contributed by atoms with Crippen molar-refractivity contribution in [1.82, 2.24) is 10.2 Å². The molecule has 6 heteroatoms. The van der Waals surface area contributed by atoms with Crippen LogP contribution in [0.1, 0.15) is 12.0 Å². The zero-order valence-corrected chi connectivity index (χ0v) is 11.7. The lowest BCUT2D eigenvalue weighted by atomic mass is 10.2. The Morgan fingerprint density at radius 1 is 1.19 bits per heavy atom. The molecule has 0 radical (unpaired) electrons. The molecule has 0 aromatic heterocycles. The van der Waals surface area contributed by atoms with Crippen LogP contribution in [-0.4, -0.2) is 48.2 Å². The minimum atomic E-state index is -0.984. The second-order valence-corrected chi connectivity index (χ2v) is 4.81. The van der Waals surface area contributed by atoms with E-state index in [1.165, 1.54) is 6.08 Å². The summed E-state index contributed by atoms with van der Waals surface area (Å²) >= 11 is 0. The first-order chi connectivity index (χ1) is 10.1. The maximum absolute atomic E-state index is 12.1. The molecular formula is C15H19N3O3. The zero-order chi connectivity index (χ0) is 15.1. The maximum atomic E-state index is 12.1. The molecule has 0 atom stereocenters. The predicted molar refractivity (Wildman–Crippen MR) is 81.2 cm³/mol. The van der Waals surface area contributed by atoms with E-state index in [9.17, 15) is 9.59 Å². The number of benzene rings is 1. The lowest BCUT2D eigenvalue weighted by molar-refractivity contribution is -0.131. The van der Waals surface area contributed by atoms with Gasteiger partial charge in [0.05, 0.1) is 0 Å². The molecular weight excluding hydrogens is 270 g/mol. The van der Waals surface area contributed by atoms with E-state index < -0.39 is 5.97 Å². The van der Waals surface area contributed by atoms with Crippen molar-refractivity contribution < 1.29 is 14.7 Å². The molecule has 1 heterocycles. The Labute approximate surface area is 123 Å². The van der Waals surface area contributed by atoms with Gasteiger partial charge in [0.2, 0.25) is 0 Å². The highest BCUT2D eigenvalue weighted by molar-refractivity contribution is 5.89. The van der Waals surface area contributed by atoms with Crippen molar-refractivity contribution in [2.75, 3.05) is 31.5 Å². The molecule has 1 aromatic rings. The quantitative estimate of drug-likeness (QED) is 0.738. The number of carboxylic acids is 1. The highest BCUT2D eigenvalue weighted by atomic mass is 16.4. The number of carboxylic acid groups (broad SMARTS) is 1. The number of nitrogens with zero attached hydrogens (tertiary/aromatic N) is 1. The van der Waals surface area contributed by atoms with Crippen molar-refractivity contribution in [1.29, 1.82) is 0 Å². The Hall–Kier alpha value is -2.34. The van der Waals surface area contributed by atoms with Crippen molar-refractivity contribution >= 4 is 23.8 Å². The summed E-state index contributed by atoms with van der Waals surface area (Å²) in [4.78, 5) is 24.3. The van der Waals surface area contributed by atoms with E-state index in [2.05, 4.69) is 10.6 Å². The number of aliphatic carboxylic acids is 1.